The number of aryl methyl sites for hydroxylation is 2. The molecule has 1 aromatic rings. The Kier molecular flexibility index (Phi) is 5.74. The number of nitrogens with zero attached hydrogens (tertiary/aromatic N) is 1. The van der Waals surface area contributed by atoms with Gasteiger partial charge in [-0.1, -0.05) is 26.8 Å². The van der Waals surface area contributed by atoms with Crippen molar-refractivity contribution in [3.05, 3.63) is 28.8 Å². The molecule has 0 aromatic heterocycles. The van der Waals surface area contributed by atoms with Crippen LogP contribution in [0.4, 0.5) is 0 Å². The lowest BCUT2D eigenvalue weighted by atomic mass is 10.1. The first-order chi connectivity index (χ1) is 9.20. The first kappa shape index (κ1) is 17.1. The summed E-state index contributed by atoms with van der Waals surface area (Å²) in [7, 11) is -1.78. The van der Waals surface area contributed by atoms with E-state index in [-0.39, 0.29) is 0 Å². The van der Waals surface area contributed by atoms with Crippen molar-refractivity contribution >= 4 is 10.0 Å². The minimum absolute atomic E-state index is 0.370. The van der Waals surface area contributed by atoms with Crippen molar-refractivity contribution < 1.29 is 8.42 Å². The molecule has 1 N–H and O–H groups in total. The van der Waals surface area contributed by atoms with Crippen molar-refractivity contribution in [2.75, 3.05) is 13.6 Å². The molecule has 0 aliphatic heterocycles. The second-order valence-corrected chi connectivity index (χ2v) is 7.51. The van der Waals surface area contributed by atoms with Crippen molar-refractivity contribution in [2.24, 2.45) is 0 Å². The second kappa shape index (κ2) is 6.70. The van der Waals surface area contributed by atoms with Gasteiger partial charge in [0.15, 0.2) is 0 Å². The van der Waals surface area contributed by atoms with Gasteiger partial charge >= 0.3 is 0 Å². The summed E-state index contributed by atoms with van der Waals surface area (Å²) in [6.45, 7) is 11.0. The SMILES string of the molecule is CCN(C)S(=O)(=O)c1cc(CNC(C)C)c(C)cc1C. The molecule has 20 heavy (non-hydrogen) atoms. The summed E-state index contributed by atoms with van der Waals surface area (Å²) in [5.41, 5.74) is 2.96. The smallest absolute Gasteiger partial charge is 0.243 e. The summed E-state index contributed by atoms with van der Waals surface area (Å²) in [4.78, 5) is 0.410. The molecule has 0 bridgehead atoms. The van der Waals surface area contributed by atoms with Gasteiger partial charge in [0.2, 0.25) is 10.0 Å². The number of nitrogens with one attached hydrogen (secondary N) is 1. The first-order valence-electron chi connectivity index (χ1n) is 7.00. The van der Waals surface area contributed by atoms with Gasteiger partial charge in [-0.25, -0.2) is 12.7 Å². The molecule has 0 fully saturated rings. The maximum Gasteiger partial charge on any atom is 0.243 e. The van der Waals surface area contributed by atoms with E-state index in [1.54, 1.807) is 7.05 Å². The molecule has 0 saturated heterocycles. The van der Waals surface area contributed by atoms with Crippen LogP contribution in [0.2, 0.25) is 0 Å². The average Bonchev–Trinajstić information content (AvgIpc) is 2.36. The van der Waals surface area contributed by atoms with Gasteiger partial charge in [0, 0.05) is 26.2 Å². The molecular formula is C15H26N2O2S. The molecule has 0 unspecified atom stereocenters. The van der Waals surface area contributed by atoms with Crippen LogP contribution in [0.15, 0.2) is 17.0 Å². The molecule has 0 saturated carbocycles. The van der Waals surface area contributed by atoms with Gasteiger partial charge in [0.1, 0.15) is 0 Å². The number of benzene rings is 1. The number of sulfonamides is 1. The molecule has 0 atom stereocenters. The van der Waals surface area contributed by atoms with Crippen LogP contribution in [0.25, 0.3) is 0 Å². The largest absolute Gasteiger partial charge is 0.310 e. The highest BCUT2D eigenvalue weighted by Gasteiger charge is 2.22. The lowest BCUT2D eigenvalue weighted by Gasteiger charge is -2.19. The van der Waals surface area contributed by atoms with Crippen LogP contribution in [0.3, 0.4) is 0 Å². The van der Waals surface area contributed by atoms with Crippen molar-refractivity contribution in [1.82, 2.24) is 9.62 Å². The Morgan fingerprint density at radius 1 is 1.20 bits per heavy atom. The highest BCUT2D eigenvalue weighted by molar-refractivity contribution is 7.89. The van der Waals surface area contributed by atoms with Crippen LogP contribution in [-0.2, 0) is 16.6 Å². The lowest BCUT2D eigenvalue weighted by molar-refractivity contribution is 0.485. The standard InChI is InChI=1S/C15H26N2O2S/c1-7-17(6)20(18,19)15-9-14(10-16-11(2)3)12(4)8-13(15)5/h8-9,11,16H,7,10H2,1-6H3. The zero-order chi connectivity index (χ0) is 15.5. The zero-order valence-electron chi connectivity index (χ0n) is 13.3. The minimum Gasteiger partial charge on any atom is -0.310 e. The Morgan fingerprint density at radius 2 is 1.80 bits per heavy atom. The van der Waals surface area contributed by atoms with Crippen LogP contribution in [-0.4, -0.2) is 32.4 Å². The molecule has 0 radical (unpaired) electrons. The molecule has 114 valence electrons. The highest BCUT2D eigenvalue weighted by atomic mass is 32.2. The molecule has 0 amide bonds. The summed E-state index contributed by atoms with van der Waals surface area (Å²) in [6.07, 6.45) is 0. The molecule has 1 rings (SSSR count). The normalized spacial score (nSPS) is 12.4. The van der Waals surface area contributed by atoms with E-state index in [1.165, 1.54) is 4.31 Å². The molecule has 0 heterocycles. The summed E-state index contributed by atoms with van der Waals surface area (Å²) in [6, 6.07) is 4.13. The minimum atomic E-state index is -3.39. The summed E-state index contributed by atoms with van der Waals surface area (Å²) < 4.78 is 26.4. The van der Waals surface area contributed by atoms with Gasteiger partial charge in [0.05, 0.1) is 4.90 Å². The molecule has 0 spiro atoms. The second-order valence-electron chi connectivity index (χ2n) is 5.50. The molecule has 4 nitrogen and oxygen atoms in total. The van der Waals surface area contributed by atoms with Crippen molar-refractivity contribution in [3.63, 3.8) is 0 Å². The van der Waals surface area contributed by atoms with Crippen LogP contribution in [0.5, 0.6) is 0 Å². The Bertz CT molecular complexity index is 565. The number of rotatable bonds is 6. The maximum atomic E-state index is 12.5. The fraction of sp³-hybridized carbons (Fsp3) is 0.600. The van der Waals surface area contributed by atoms with E-state index in [1.807, 2.05) is 32.9 Å². The van der Waals surface area contributed by atoms with E-state index in [0.717, 1.165) is 16.7 Å². The van der Waals surface area contributed by atoms with E-state index in [4.69, 9.17) is 0 Å². The fourth-order valence-corrected chi connectivity index (χ4v) is 3.43. The highest BCUT2D eigenvalue weighted by Crippen LogP contribution is 2.23. The average molecular weight is 298 g/mol. The molecular weight excluding hydrogens is 272 g/mol. The Morgan fingerprint density at radius 3 is 2.30 bits per heavy atom. The Hall–Kier alpha value is -0.910. The van der Waals surface area contributed by atoms with Crippen LogP contribution in [0, 0.1) is 13.8 Å². The number of hydrogen-bond donors (Lipinski definition) is 1. The third-order valence-corrected chi connectivity index (χ3v) is 5.54. The van der Waals surface area contributed by atoms with Gasteiger partial charge < -0.3 is 5.32 Å². The zero-order valence-corrected chi connectivity index (χ0v) is 14.1. The third kappa shape index (κ3) is 3.81. The van der Waals surface area contributed by atoms with E-state index in [0.29, 0.717) is 24.0 Å². The van der Waals surface area contributed by atoms with E-state index in [9.17, 15) is 8.42 Å². The van der Waals surface area contributed by atoms with Gasteiger partial charge in [-0.15, -0.1) is 0 Å². The Labute approximate surface area is 123 Å². The topological polar surface area (TPSA) is 49.4 Å². The fourth-order valence-electron chi connectivity index (χ4n) is 1.99. The van der Waals surface area contributed by atoms with E-state index in [2.05, 4.69) is 19.2 Å². The summed E-state index contributed by atoms with van der Waals surface area (Å²) in [5.74, 6) is 0. The van der Waals surface area contributed by atoms with E-state index < -0.39 is 10.0 Å². The van der Waals surface area contributed by atoms with Gasteiger partial charge in [-0.3, -0.25) is 0 Å². The van der Waals surface area contributed by atoms with E-state index >= 15 is 0 Å². The van der Waals surface area contributed by atoms with Crippen LogP contribution < -0.4 is 5.32 Å². The van der Waals surface area contributed by atoms with Crippen LogP contribution >= 0.6 is 0 Å². The van der Waals surface area contributed by atoms with Crippen molar-refractivity contribution in [1.29, 1.82) is 0 Å². The molecule has 5 heteroatoms. The van der Waals surface area contributed by atoms with Gasteiger partial charge in [-0.05, 0) is 36.6 Å². The van der Waals surface area contributed by atoms with Gasteiger partial charge in [-0.2, -0.15) is 0 Å². The molecule has 1 aromatic carbocycles. The lowest BCUT2D eigenvalue weighted by Crippen LogP contribution is -2.28. The monoisotopic (exact) mass is 298 g/mol. The summed E-state index contributed by atoms with van der Waals surface area (Å²) in [5, 5.41) is 3.34. The maximum absolute atomic E-state index is 12.5. The van der Waals surface area contributed by atoms with Gasteiger partial charge in [0.25, 0.3) is 0 Å². The van der Waals surface area contributed by atoms with Crippen LogP contribution in [0.1, 0.15) is 37.5 Å². The third-order valence-electron chi connectivity index (χ3n) is 3.47. The predicted molar refractivity (Wildman–Crippen MR) is 83.4 cm³/mol. The predicted octanol–water partition coefficient (Wildman–Crippen LogP) is 2.44. The molecule has 0 aliphatic rings. The number of hydrogen-bond acceptors (Lipinski definition) is 3. The van der Waals surface area contributed by atoms with Crippen molar-refractivity contribution in [3.8, 4) is 0 Å². The first-order valence-corrected chi connectivity index (χ1v) is 8.44. The Balaban J connectivity index is 3.24. The van der Waals surface area contributed by atoms with Crippen molar-refractivity contribution in [2.45, 2.75) is 52.1 Å². The molecule has 0 aliphatic carbocycles. The quantitative estimate of drug-likeness (QED) is 0.877. The summed E-state index contributed by atoms with van der Waals surface area (Å²) >= 11 is 0.